The van der Waals surface area contributed by atoms with E-state index in [-0.39, 0.29) is 17.9 Å². The standard InChI is InChI=1S/C25H19I2N3O5/c1-2-34-21-8-6-19(7-9-21)29-25(31)18(14-28)10-17-12-22(26)24(23(27)13-17)35-15-16-4-3-5-20(11-16)30(32)33/h3-13H,2,15H2,1H3,(H,29,31)/b18-10+. The smallest absolute Gasteiger partial charge is 0.269 e. The quantitative estimate of drug-likeness (QED) is 0.0921. The van der Waals surface area contributed by atoms with Crippen LogP contribution in [0.4, 0.5) is 11.4 Å². The molecule has 0 atom stereocenters. The molecule has 1 amide bonds. The van der Waals surface area contributed by atoms with Crippen molar-refractivity contribution in [3.05, 3.63) is 94.6 Å². The van der Waals surface area contributed by atoms with Crippen molar-refractivity contribution in [2.45, 2.75) is 13.5 Å². The van der Waals surface area contributed by atoms with E-state index in [0.717, 1.165) is 7.14 Å². The first-order valence-electron chi connectivity index (χ1n) is 10.3. The molecule has 0 spiro atoms. The summed E-state index contributed by atoms with van der Waals surface area (Å²) in [6, 6.07) is 18.7. The number of nitrogens with zero attached hydrogens (tertiary/aromatic N) is 2. The van der Waals surface area contributed by atoms with Gasteiger partial charge < -0.3 is 14.8 Å². The lowest BCUT2D eigenvalue weighted by atomic mass is 10.1. The normalized spacial score (nSPS) is 10.9. The zero-order valence-corrected chi connectivity index (χ0v) is 22.8. The maximum absolute atomic E-state index is 12.6. The number of carbonyl (C=O) groups is 1. The average Bonchev–Trinajstić information content (AvgIpc) is 2.83. The van der Waals surface area contributed by atoms with Gasteiger partial charge in [0.15, 0.2) is 0 Å². The molecule has 0 radical (unpaired) electrons. The van der Waals surface area contributed by atoms with Crippen molar-refractivity contribution >= 4 is 68.5 Å². The molecule has 10 heteroatoms. The third-order valence-electron chi connectivity index (χ3n) is 4.62. The second-order valence-corrected chi connectivity index (χ2v) is 9.44. The van der Waals surface area contributed by atoms with Gasteiger partial charge in [-0.2, -0.15) is 5.26 Å². The first-order valence-corrected chi connectivity index (χ1v) is 12.5. The van der Waals surface area contributed by atoms with E-state index in [1.807, 2.05) is 13.0 Å². The molecular formula is C25H19I2N3O5. The molecule has 0 bridgehead atoms. The summed E-state index contributed by atoms with van der Waals surface area (Å²) < 4.78 is 12.8. The number of non-ortho nitro benzene ring substituents is 1. The fourth-order valence-electron chi connectivity index (χ4n) is 3.03. The Morgan fingerprint density at radius 1 is 1.11 bits per heavy atom. The highest BCUT2D eigenvalue weighted by atomic mass is 127. The molecule has 178 valence electrons. The molecule has 3 rings (SSSR count). The number of ether oxygens (including phenoxy) is 2. The molecule has 8 nitrogen and oxygen atoms in total. The minimum atomic E-state index is -0.521. The topological polar surface area (TPSA) is 114 Å². The van der Waals surface area contributed by atoms with E-state index in [1.165, 1.54) is 18.2 Å². The van der Waals surface area contributed by atoms with Gasteiger partial charge in [0.2, 0.25) is 0 Å². The highest BCUT2D eigenvalue weighted by Gasteiger charge is 2.14. The van der Waals surface area contributed by atoms with E-state index in [1.54, 1.807) is 48.5 Å². The van der Waals surface area contributed by atoms with E-state index in [2.05, 4.69) is 50.5 Å². The predicted octanol–water partition coefficient (Wildman–Crippen LogP) is 6.33. The number of anilines is 1. The minimum absolute atomic E-state index is 0.00326. The number of nitro benzene ring substituents is 1. The Labute approximate surface area is 229 Å². The van der Waals surface area contributed by atoms with Crippen molar-refractivity contribution < 1.29 is 19.2 Å². The van der Waals surface area contributed by atoms with Crippen molar-refractivity contribution in [1.29, 1.82) is 5.26 Å². The number of halogens is 2. The van der Waals surface area contributed by atoms with Crippen LogP contribution in [0.3, 0.4) is 0 Å². The lowest BCUT2D eigenvalue weighted by molar-refractivity contribution is -0.384. The fourth-order valence-corrected chi connectivity index (χ4v) is 5.16. The summed E-state index contributed by atoms with van der Waals surface area (Å²) in [6.07, 6.45) is 1.51. The van der Waals surface area contributed by atoms with Gasteiger partial charge >= 0.3 is 0 Å². The third kappa shape index (κ3) is 7.40. The molecule has 0 aliphatic rings. The van der Waals surface area contributed by atoms with Crippen LogP contribution < -0.4 is 14.8 Å². The van der Waals surface area contributed by atoms with Crippen molar-refractivity contribution in [3.63, 3.8) is 0 Å². The maximum Gasteiger partial charge on any atom is 0.269 e. The largest absolute Gasteiger partial charge is 0.494 e. The molecule has 0 heterocycles. The van der Waals surface area contributed by atoms with Gasteiger partial charge in [-0.15, -0.1) is 0 Å². The highest BCUT2D eigenvalue weighted by Crippen LogP contribution is 2.31. The van der Waals surface area contributed by atoms with Gasteiger partial charge in [-0.05, 0) is 106 Å². The lowest BCUT2D eigenvalue weighted by Gasteiger charge is -2.12. The number of nitrogens with one attached hydrogen (secondary N) is 1. The van der Waals surface area contributed by atoms with Crippen LogP contribution in [0.25, 0.3) is 6.08 Å². The van der Waals surface area contributed by atoms with E-state index >= 15 is 0 Å². The van der Waals surface area contributed by atoms with Gasteiger partial charge in [0.1, 0.15) is 29.7 Å². The Balaban J connectivity index is 1.73. The van der Waals surface area contributed by atoms with Gasteiger partial charge in [0.25, 0.3) is 11.6 Å². The van der Waals surface area contributed by atoms with E-state index < -0.39 is 10.8 Å². The molecule has 35 heavy (non-hydrogen) atoms. The van der Waals surface area contributed by atoms with E-state index in [0.29, 0.717) is 34.9 Å². The number of hydrogen-bond donors (Lipinski definition) is 1. The van der Waals surface area contributed by atoms with Crippen LogP contribution in [-0.4, -0.2) is 17.4 Å². The molecule has 0 saturated carbocycles. The summed E-state index contributed by atoms with van der Waals surface area (Å²) in [5.41, 5.74) is 1.85. The molecule has 1 N–H and O–H groups in total. The van der Waals surface area contributed by atoms with Gasteiger partial charge in [-0.25, -0.2) is 0 Å². The monoisotopic (exact) mass is 695 g/mol. The summed E-state index contributed by atoms with van der Waals surface area (Å²) >= 11 is 4.23. The molecule has 3 aromatic carbocycles. The average molecular weight is 695 g/mol. The lowest BCUT2D eigenvalue weighted by Crippen LogP contribution is -2.13. The molecule has 0 aliphatic heterocycles. The Morgan fingerprint density at radius 3 is 2.40 bits per heavy atom. The van der Waals surface area contributed by atoms with Crippen LogP contribution in [-0.2, 0) is 11.4 Å². The molecular weight excluding hydrogens is 676 g/mol. The summed E-state index contributed by atoms with van der Waals surface area (Å²) in [5, 5.41) is 23.2. The summed E-state index contributed by atoms with van der Waals surface area (Å²) in [6.45, 7) is 2.60. The molecule has 0 saturated heterocycles. The number of benzene rings is 3. The Kier molecular flexibility index (Phi) is 9.44. The zero-order chi connectivity index (χ0) is 25.4. The third-order valence-corrected chi connectivity index (χ3v) is 6.23. The molecule has 3 aromatic rings. The SMILES string of the molecule is CCOc1ccc(NC(=O)/C(C#N)=C/c2cc(I)c(OCc3cccc([N+](=O)[O-])c3)c(I)c2)cc1. The van der Waals surface area contributed by atoms with Crippen LogP contribution in [0.1, 0.15) is 18.1 Å². The zero-order valence-electron chi connectivity index (χ0n) is 18.5. The molecule has 0 aliphatic carbocycles. The minimum Gasteiger partial charge on any atom is -0.494 e. The van der Waals surface area contributed by atoms with E-state index in [9.17, 15) is 20.2 Å². The number of nitriles is 1. The van der Waals surface area contributed by atoms with Crippen LogP contribution in [0.2, 0.25) is 0 Å². The first kappa shape index (κ1) is 26.4. The molecule has 0 aromatic heterocycles. The number of amides is 1. The van der Waals surface area contributed by atoms with Crippen molar-refractivity contribution in [2.24, 2.45) is 0 Å². The van der Waals surface area contributed by atoms with Gasteiger partial charge in [-0.3, -0.25) is 14.9 Å². The van der Waals surface area contributed by atoms with Gasteiger partial charge in [0.05, 0.1) is 18.7 Å². The van der Waals surface area contributed by atoms with Gasteiger partial charge in [-0.1, -0.05) is 12.1 Å². The van der Waals surface area contributed by atoms with Crippen LogP contribution in [0.5, 0.6) is 11.5 Å². The fraction of sp³-hybridized carbons (Fsp3) is 0.120. The van der Waals surface area contributed by atoms with Crippen LogP contribution >= 0.6 is 45.2 Å². The Bertz CT molecular complexity index is 1290. The number of hydrogen-bond acceptors (Lipinski definition) is 6. The molecule has 0 fully saturated rings. The number of nitro groups is 1. The maximum atomic E-state index is 12.6. The highest BCUT2D eigenvalue weighted by molar-refractivity contribution is 14.1. The van der Waals surface area contributed by atoms with Crippen molar-refractivity contribution in [1.82, 2.24) is 0 Å². The summed E-state index contributed by atoms with van der Waals surface area (Å²) in [5.74, 6) is 0.790. The summed E-state index contributed by atoms with van der Waals surface area (Å²) in [4.78, 5) is 23.1. The Hall–Kier alpha value is -3.18. The van der Waals surface area contributed by atoms with Gasteiger partial charge in [0, 0.05) is 17.8 Å². The Morgan fingerprint density at radius 2 is 1.80 bits per heavy atom. The van der Waals surface area contributed by atoms with E-state index in [4.69, 9.17) is 9.47 Å². The van der Waals surface area contributed by atoms with Crippen LogP contribution in [0.15, 0.2) is 66.2 Å². The summed E-state index contributed by atoms with van der Waals surface area (Å²) in [7, 11) is 0. The number of rotatable bonds is 9. The second kappa shape index (κ2) is 12.5. The van der Waals surface area contributed by atoms with Crippen molar-refractivity contribution in [2.75, 3.05) is 11.9 Å². The van der Waals surface area contributed by atoms with Crippen LogP contribution in [0, 0.1) is 28.6 Å². The molecule has 0 unspecified atom stereocenters. The first-order chi connectivity index (χ1) is 16.8. The second-order valence-electron chi connectivity index (χ2n) is 7.11. The van der Waals surface area contributed by atoms with Crippen molar-refractivity contribution in [3.8, 4) is 17.6 Å². The number of carbonyl (C=O) groups excluding carboxylic acids is 1. The predicted molar refractivity (Wildman–Crippen MR) is 149 cm³/mol.